The molecular formula is C28H41N3O6S. The maximum atomic E-state index is 12.7. The van der Waals surface area contributed by atoms with E-state index in [2.05, 4.69) is 28.4 Å². The Morgan fingerprint density at radius 3 is 2.03 bits per heavy atom. The van der Waals surface area contributed by atoms with Crippen LogP contribution < -0.4 is 16.4 Å². The SMILES string of the molecule is C#CCCCCOC(=O)CNC(=O)C(CSCCCCC#C)NC(=O)CCC(N)C(=O)OCCCCC#C. The van der Waals surface area contributed by atoms with Gasteiger partial charge in [0, 0.05) is 31.4 Å². The Morgan fingerprint density at radius 2 is 1.42 bits per heavy atom. The molecule has 2 unspecified atom stereocenters. The number of ether oxygens (including phenoxy) is 2. The van der Waals surface area contributed by atoms with Gasteiger partial charge in [-0.3, -0.25) is 19.2 Å². The van der Waals surface area contributed by atoms with Gasteiger partial charge >= 0.3 is 11.9 Å². The van der Waals surface area contributed by atoms with E-state index >= 15 is 0 Å². The molecule has 0 fully saturated rings. The summed E-state index contributed by atoms with van der Waals surface area (Å²) >= 11 is 1.49. The first kappa shape index (κ1) is 34.9. The maximum absolute atomic E-state index is 12.7. The second-order valence-electron chi connectivity index (χ2n) is 8.43. The lowest BCUT2D eigenvalue weighted by molar-refractivity contribution is -0.145. The van der Waals surface area contributed by atoms with E-state index in [0.717, 1.165) is 31.4 Å². The third kappa shape index (κ3) is 20.0. The summed E-state index contributed by atoms with van der Waals surface area (Å²) in [6.45, 7) is 0.122. The molecule has 10 heteroatoms. The fraction of sp³-hybridized carbons (Fsp3) is 0.643. The number of nitrogens with two attached hydrogens (primary N) is 1. The van der Waals surface area contributed by atoms with Gasteiger partial charge < -0.3 is 25.8 Å². The third-order valence-corrected chi connectivity index (χ3v) is 6.27. The predicted octanol–water partition coefficient (Wildman–Crippen LogP) is 1.93. The lowest BCUT2D eigenvalue weighted by Crippen LogP contribution is -2.49. The number of carbonyl (C=O) groups is 4. The number of esters is 2. The molecule has 0 heterocycles. The molecule has 0 aliphatic heterocycles. The van der Waals surface area contributed by atoms with Gasteiger partial charge in [0.2, 0.25) is 11.8 Å². The molecule has 0 radical (unpaired) electrons. The van der Waals surface area contributed by atoms with Gasteiger partial charge in [0.25, 0.3) is 0 Å². The van der Waals surface area contributed by atoms with Crippen LogP contribution in [0, 0.1) is 37.0 Å². The van der Waals surface area contributed by atoms with Crippen molar-refractivity contribution in [2.75, 3.05) is 31.3 Å². The van der Waals surface area contributed by atoms with E-state index in [0.29, 0.717) is 37.9 Å². The lowest BCUT2D eigenvalue weighted by Gasteiger charge is -2.19. The number of hydrogen-bond acceptors (Lipinski definition) is 8. The van der Waals surface area contributed by atoms with Crippen molar-refractivity contribution in [3.05, 3.63) is 0 Å². The molecule has 0 bridgehead atoms. The van der Waals surface area contributed by atoms with Crippen molar-refractivity contribution in [2.24, 2.45) is 5.73 Å². The molecule has 210 valence electrons. The van der Waals surface area contributed by atoms with Crippen molar-refractivity contribution in [3.8, 4) is 37.0 Å². The first-order chi connectivity index (χ1) is 18.3. The van der Waals surface area contributed by atoms with Gasteiger partial charge in [-0.15, -0.1) is 37.0 Å². The molecule has 0 aliphatic carbocycles. The highest BCUT2D eigenvalue weighted by Crippen LogP contribution is 2.09. The van der Waals surface area contributed by atoms with Crippen LogP contribution in [-0.4, -0.2) is 67.1 Å². The summed E-state index contributed by atoms with van der Waals surface area (Å²) in [6.07, 6.45) is 22.0. The Bertz CT molecular complexity index is 843. The number of hydrogen-bond donors (Lipinski definition) is 3. The quantitative estimate of drug-likeness (QED) is 0.106. The van der Waals surface area contributed by atoms with Gasteiger partial charge in [-0.05, 0) is 50.7 Å². The molecule has 2 amide bonds. The van der Waals surface area contributed by atoms with Crippen LogP contribution >= 0.6 is 11.8 Å². The van der Waals surface area contributed by atoms with Crippen LogP contribution in [-0.2, 0) is 28.7 Å². The van der Waals surface area contributed by atoms with Crippen LogP contribution in [0.1, 0.15) is 70.6 Å². The summed E-state index contributed by atoms with van der Waals surface area (Å²) in [5.74, 6) is 6.56. The highest BCUT2D eigenvalue weighted by molar-refractivity contribution is 7.99. The van der Waals surface area contributed by atoms with Gasteiger partial charge in [-0.1, -0.05) is 0 Å². The molecule has 9 nitrogen and oxygen atoms in total. The second-order valence-corrected chi connectivity index (χ2v) is 9.58. The van der Waals surface area contributed by atoms with E-state index in [1.54, 1.807) is 0 Å². The maximum Gasteiger partial charge on any atom is 0.325 e. The lowest BCUT2D eigenvalue weighted by atomic mass is 10.1. The number of terminal acetylenes is 3. The molecule has 0 rings (SSSR count). The van der Waals surface area contributed by atoms with Crippen molar-refractivity contribution in [2.45, 2.75) is 82.7 Å². The normalized spacial score (nSPS) is 11.6. The Hall–Kier alpha value is -3.13. The van der Waals surface area contributed by atoms with Gasteiger partial charge in [0.05, 0.1) is 13.2 Å². The fourth-order valence-corrected chi connectivity index (χ4v) is 3.99. The standard InChI is InChI=1S/C28H41N3O6S/c1-4-7-10-13-18-36-26(33)21-30-27(34)24(22-38-20-15-12-9-6-3)31-25(32)17-16-23(29)28(35)37-19-14-11-8-5-2/h1-3,23-24H,7-22,29H2,(H,30,34)(H,31,32). The molecule has 0 aliphatic rings. The van der Waals surface area contributed by atoms with Crippen molar-refractivity contribution in [1.82, 2.24) is 10.6 Å². The van der Waals surface area contributed by atoms with E-state index in [9.17, 15) is 19.2 Å². The highest BCUT2D eigenvalue weighted by Gasteiger charge is 2.23. The molecule has 0 saturated heterocycles. The van der Waals surface area contributed by atoms with E-state index in [4.69, 9.17) is 34.5 Å². The van der Waals surface area contributed by atoms with Crippen LogP contribution in [0.4, 0.5) is 0 Å². The number of thioether (sulfide) groups is 1. The summed E-state index contributed by atoms with van der Waals surface area (Å²) in [4.78, 5) is 49.1. The van der Waals surface area contributed by atoms with Gasteiger partial charge in [-0.25, -0.2) is 0 Å². The smallest absolute Gasteiger partial charge is 0.325 e. The largest absolute Gasteiger partial charge is 0.465 e. The Morgan fingerprint density at radius 1 is 0.842 bits per heavy atom. The minimum atomic E-state index is -0.957. The van der Waals surface area contributed by atoms with E-state index in [-0.39, 0.29) is 32.6 Å². The molecule has 0 saturated carbocycles. The van der Waals surface area contributed by atoms with Crippen LogP contribution in [0.5, 0.6) is 0 Å². The molecule has 0 spiro atoms. The number of unbranched alkanes of at least 4 members (excludes halogenated alkanes) is 6. The topological polar surface area (TPSA) is 137 Å². The number of amides is 2. The van der Waals surface area contributed by atoms with Crippen LogP contribution in [0.15, 0.2) is 0 Å². The van der Waals surface area contributed by atoms with E-state index in [1.807, 2.05) is 0 Å². The van der Waals surface area contributed by atoms with Crippen molar-refractivity contribution in [3.63, 3.8) is 0 Å². The molecular weight excluding hydrogens is 506 g/mol. The summed E-state index contributed by atoms with van der Waals surface area (Å²) in [6, 6.07) is -1.83. The fourth-order valence-electron chi connectivity index (χ4n) is 2.94. The molecule has 0 aromatic heterocycles. The number of carbonyl (C=O) groups excluding carboxylic acids is 4. The Kier molecular flexibility index (Phi) is 22.2. The zero-order valence-corrected chi connectivity index (χ0v) is 23.0. The van der Waals surface area contributed by atoms with Crippen LogP contribution in [0.2, 0.25) is 0 Å². The van der Waals surface area contributed by atoms with Crippen molar-refractivity contribution < 1.29 is 28.7 Å². The average molecular weight is 548 g/mol. The molecule has 0 aromatic rings. The average Bonchev–Trinajstić information content (AvgIpc) is 2.91. The molecule has 4 N–H and O–H groups in total. The van der Waals surface area contributed by atoms with Crippen molar-refractivity contribution >= 4 is 35.5 Å². The van der Waals surface area contributed by atoms with Crippen LogP contribution in [0.25, 0.3) is 0 Å². The van der Waals surface area contributed by atoms with E-state index < -0.39 is 35.8 Å². The summed E-state index contributed by atoms with van der Waals surface area (Å²) in [5, 5.41) is 5.18. The zero-order valence-electron chi connectivity index (χ0n) is 22.1. The minimum absolute atomic E-state index is 0.0641. The molecule has 0 aromatic carbocycles. The van der Waals surface area contributed by atoms with E-state index in [1.165, 1.54) is 11.8 Å². The van der Waals surface area contributed by atoms with Gasteiger partial charge in [0.1, 0.15) is 18.6 Å². The summed E-state index contributed by atoms with van der Waals surface area (Å²) in [5.41, 5.74) is 5.84. The third-order valence-electron chi connectivity index (χ3n) is 5.13. The zero-order chi connectivity index (χ0) is 28.4. The molecule has 2 atom stereocenters. The highest BCUT2D eigenvalue weighted by atomic mass is 32.2. The number of nitrogens with one attached hydrogen (secondary N) is 2. The molecule has 38 heavy (non-hydrogen) atoms. The number of rotatable bonds is 22. The Labute approximate surface area is 231 Å². The second kappa shape index (κ2) is 24.2. The monoisotopic (exact) mass is 547 g/mol. The summed E-state index contributed by atoms with van der Waals surface area (Å²) < 4.78 is 10.2. The summed E-state index contributed by atoms with van der Waals surface area (Å²) in [7, 11) is 0. The van der Waals surface area contributed by atoms with Gasteiger partial charge in [-0.2, -0.15) is 11.8 Å². The minimum Gasteiger partial charge on any atom is -0.465 e. The van der Waals surface area contributed by atoms with Gasteiger partial charge in [0.15, 0.2) is 0 Å². The van der Waals surface area contributed by atoms with Crippen molar-refractivity contribution in [1.29, 1.82) is 0 Å². The predicted molar refractivity (Wildman–Crippen MR) is 149 cm³/mol. The Balaban J connectivity index is 4.62. The first-order valence-corrected chi connectivity index (χ1v) is 14.0. The van der Waals surface area contributed by atoms with Crippen LogP contribution in [0.3, 0.4) is 0 Å². The first-order valence-electron chi connectivity index (χ1n) is 12.9.